The van der Waals surface area contributed by atoms with E-state index in [9.17, 15) is 0 Å². The van der Waals surface area contributed by atoms with E-state index in [1.54, 1.807) is 6.20 Å². The van der Waals surface area contributed by atoms with Crippen LogP contribution in [0.2, 0.25) is 0 Å². The van der Waals surface area contributed by atoms with Gasteiger partial charge in [0.2, 0.25) is 0 Å². The summed E-state index contributed by atoms with van der Waals surface area (Å²) in [7, 11) is 0. The Kier molecular flexibility index (Phi) is 1.90. The number of hydrogen-bond donors (Lipinski definition) is 0. The van der Waals surface area contributed by atoms with Crippen LogP contribution in [-0.4, -0.2) is 4.98 Å². The minimum Gasteiger partial charge on any atom is -0.309 e. The minimum absolute atomic E-state index is 0.963. The molecule has 0 amide bonds. The molecule has 0 atom stereocenters. The van der Waals surface area contributed by atoms with Crippen LogP contribution in [0.1, 0.15) is 6.42 Å². The first-order valence-electron chi connectivity index (χ1n) is 3.99. The number of allylic oxidation sites excluding steroid dienone is 2. The maximum absolute atomic E-state index is 4.23. The van der Waals surface area contributed by atoms with Crippen LogP contribution in [0, 0.1) is 0 Å². The van der Waals surface area contributed by atoms with Gasteiger partial charge in [0.05, 0.1) is 0 Å². The minimum atomic E-state index is 0.963. The SMILES string of the molecule is C1=CN(c2ccccn2)C=CC1. The van der Waals surface area contributed by atoms with Crippen LogP contribution in [0.25, 0.3) is 0 Å². The van der Waals surface area contributed by atoms with Gasteiger partial charge in [0.1, 0.15) is 5.82 Å². The van der Waals surface area contributed by atoms with E-state index in [0.29, 0.717) is 0 Å². The molecule has 1 aromatic heterocycles. The summed E-state index contributed by atoms with van der Waals surface area (Å²) < 4.78 is 0. The Labute approximate surface area is 71.9 Å². The highest BCUT2D eigenvalue weighted by atomic mass is 15.2. The summed E-state index contributed by atoms with van der Waals surface area (Å²) in [6.07, 6.45) is 11.1. The molecule has 0 N–H and O–H groups in total. The Balaban J connectivity index is 2.25. The summed E-state index contributed by atoms with van der Waals surface area (Å²) in [4.78, 5) is 6.23. The van der Waals surface area contributed by atoms with Gasteiger partial charge in [-0.15, -0.1) is 0 Å². The molecule has 2 heterocycles. The molecule has 0 radical (unpaired) electrons. The molecule has 0 fully saturated rings. The Morgan fingerprint density at radius 2 is 2.00 bits per heavy atom. The summed E-state index contributed by atoms with van der Waals surface area (Å²) in [6.45, 7) is 0. The molecule has 0 bridgehead atoms. The van der Waals surface area contributed by atoms with E-state index in [-0.39, 0.29) is 0 Å². The van der Waals surface area contributed by atoms with Crippen LogP contribution in [-0.2, 0) is 0 Å². The molecule has 0 aromatic carbocycles. The van der Waals surface area contributed by atoms with Crippen molar-refractivity contribution in [3.63, 3.8) is 0 Å². The lowest BCUT2D eigenvalue weighted by atomic mass is 10.3. The van der Waals surface area contributed by atoms with Crippen molar-refractivity contribution in [3.8, 4) is 0 Å². The van der Waals surface area contributed by atoms with E-state index in [4.69, 9.17) is 0 Å². The van der Waals surface area contributed by atoms with E-state index in [1.807, 2.05) is 35.5 Å². The van der Waals surface area contributed by atoms with Crippen LogP contribution in [0.4, 0.5) is 5.82 Å². The molecule has 12 heavy (non-hydrogen) atoms. The zero-order valence-electron chi connectivity index (χ0n) is 6.72. The normalized spacial score (nSPS) is 15.2. The van der Waals surface area contributed by atoms with Crippen molar-refractivity contribution in [2.75, 3.05) is 4.90 Å². The number of pyridine rings is 1. The van der Waals surface area contributed by atoms with Gasteiger partial charge in [-0.1, -0.05) is 18.2 Å². The molecule has 0 spiro atoms. The summed E-state index contributed by atoms with van der Waals surface area (Å²) >= 11 is 0. The summed E-state index contributed by atoms with van der Waals surface area (Å²) in [6, 6.07) is 5.89. The van der Waals surface area contributed by atoms with E-state index >= 15 is 0 Å². The van der Waals surface area contributed by atoms with Gasteiger partial charge in [0.15, 0.2) is 0 Å². The van der Waals surface area contributed by atoms with Crippen molar-refractivity contribution in [2.24, 2.45) is 0 Å². The third-order valence-electron chi connectivity index (χ3n) is 1.72. The standard InChI is InChI=1S/C10H10N2/c1-4-8-12(9-5-1)10-6-2-3-7-11-10/h2-9H,1H2. The zero-order chi connectivity index (χ0) is 8.23. The lowest BCUT2D eigenvalue weighted by Gasteiger charge is -2.15. The Morgan fingerprint density at radius 1 is 1.17 bits per heavy atom. The summed E-state index contributed by atoms with van der Waals surface area (Å²) in [5, 5.41) is 0. The Bertz CT molecular complexity index is 289. The molecule has 0 aliphatic carbocycles. The molecule has 0 unspecified atom stereocenters. The Hall–Kier alpha value is -1.57. The predicted molar refractivity (Wildman–Crippen MR) is 49.6 cm³/mol. The molecule has 60 valence electrons. The molecule has 2 nitrogen and oxygen atoms in total. The summed E-state index contributed by atoms with van der Waals surface area (Å²) in [5.41, 5.74) is 0. The molecule has 1 aliphatic heterocycles. The lowest BCUT2D eigenvalue weighted by molar-refractivity contribution is 1.12. The smallest absolute Gasteiger partial charge is 0.136 e. The largest absolute Gasteiger partial charge is 0.309 e. The molecule has 2 heteroatoms. The average Bonchev–Trinajstić information content (AvgIpc) is 2.21. The topological polar surface area (TPSA) is 16.1 Å². The number of nitrogens with zero attached hydrogens (tertiary/aromatic N) is 2. The van der Waals surface area contributed by atoms with Gasteiger partial charge < -0.3 is 4.90 Å². The molecule has 0 saturated carbocycles. The van der Waals surface area contributed by atoms with Gasteiger partial charge in [-0.3, -0.25) is 0 Å². The molecule has 2 rings (SSSR count). The van der Waals surface area contributed by atoms with Crippen molar-refractivity contribution in [2.45, 2.75) is 6.42 Å². The third kappa shape index (κ3) is 1.37. The van der Waals surface area contributed by atoms with Gasteiger partial charge in [-0.2, -0.15) is 0 Å². The quantitative estimate of drug-likeness (QED) is 0.623. The fourth-order valence-corrected chi connectivity index (χ4v) is 1.14. The maximum atomic E-state index is 4.23. The molecule has 1 aromatic rings. The van der Waals surface area contributed by atoms with Crippen LogP contribution in [0.5, 0.6) is 0 Å². The number of anilines is 1. The first-order valence-corrected chi connectivity index (χ1v) is 3.99. The van der Waals surface area contributed by atoms with Gasteiger partial charge >= 0.3 is 0 Å². The van der Waals surface area contributed by atoms with E-state index in [2.05, 4.69) is 17.1 Å². The second kappa shape index (κ2) is 3.22. The highest BCUT2D eigenvalue weighted by molar-refractivity contribution is 5.46. The van der Waals surface area contributed by atoms with Crippen molar-refractivity contribution in [1.82, 2.24) is 4.98 Å². The van der Waals surface area contributed by atoms with Gasteiger partial charge in [0.25, 0.3) is 0 Å². The van der Waals surface area contributed by atoms with Crippen molar-refractivity contribution in [1.29, 1.82) is 0 Å². The molecule has 1 aliphatic rings. The highest BCUT2D eigenvalue weighted by Crippen LogP contribution is 2.13. The monoisotopic (exact) mass is 158 g/mol. The van der Waals surface area contributed by atoms with Gasteiger partial charge in [-0.25, -0.2) is 4.98 Å². The first kappa shape index (κ1) is 7.10. The van der Waals surface area contributed by atoms with Crippen molar-refractivity contribution < 1.29 is 0 Å². The number of hydrogen-bond acceptors (Lipinski definition) is 2. The van der Waals surface area contributed by atoms with Crippen LogP contribution >= 0.6 is 0 Å². The van der Waals surface area contributed by atoms with Crippen LogP contribution < -0.4 is 4.90 Å². The second-order valence-corrected chi connectivity index (χ2v) is 2.60. The fraction of sp³-hybridized carbons (Fsp3) is 0.100. The number of aromatic nitrogens is 1. The van der Waals surface area contributed by atoms with E-state index in [1.165, 1.54) is 0 Å². The van der Waals surface area contributed by atoms with Crippen molar-refractivity contribution >= 4 is 5.82 Å². The maximum Gasteiger partial charge on any atom is 0.136 e. The zero-order valence-corrected chi connectivity index (χ0v) is 6.72. The van der Waals surface area contributed by atoms with Crippen molar-refractivity contribution in [3.05, 3.63) is 48.9 Å². The van der Waals surface area contributed by atoms with Gasteiger partial charge in [0, 0.05) is 18.6 Å². The third-order valence-corrected chi connectivity index (χ3v) is 1.72. The van der Waals surface area contributed by atoms with E-state index < -0.39 is 0 Å². The Morgan fingerprint density at radius 3 is 2.67 bits per heavy atom. The lowest BCUT2D eigenvalue weighted by Crippen LogP contribution is -2.09. The first-order chi connectivity index (χ1) is 5.97. The van der Waals surface area contributed by atoms with E-state index in [0.717, 1.165) is 12.2 Å². The van der Waals surface area contributed by atoms with Gasteiger partial charge in [-0.05, 0) is 18.6 Å². The second-order valence-electron chi connectivity index (χ2n) is 2.60. The van der Waals surface area contributed by atoms with Crippen LogP contribution in [0.15, 0.2) is 48.9 Å². The molecular weight excluding hydrogens is 148 g/mol. The predicted octanol–water partition coefficient (Wildman–Crippen LogP) is 2.32. The molecule has 0 saturated heterocycles. The van der Waals surface area contributed by atoms with Crippen LogP contribution in [0.3, 0.4) is 0 Å². The number of rotatable bonds is 1. The fourth-order valence-electron chi connectivity index (χ4n) is 1.14. The summed E-state index contributed by atoms with van der Waals surface area (Å²) in [5.74, 6) is 0.963. The molecular formula is C10H10N2. The highest BCUT2D eigenvalue weighted by Gasteiger charge is 2.00. The average molecular weight is 158 g/mol.